The van der Waals surface area contributed by atoms with Crippen molar-refractivity contribution < 1.29 is 19.4 Å². The number of fused-ring (bicyclic) bond motifs is 2. The Kier molecular flexibility index (Phi) is 2.01. The van der Waals surface area contributed by atoms with Crippen LogP contribution in [-0.2, 0) is 21.6 Å². The molecule has 2 aliphatic heterocycles. The third-order valence-corrected chi connectivity index (χ3v) is 6.81. The van der Waals surface area contributed by atoms with Gasteiger partial charge in [0.1, 0.15) is 17.1 Å². The van der Waals surface area contributed by atoms with Gasteiger partial charge in [-0.25, -0.2) is 0 Å². The van der Waals surface area contributed by atoms with Gasteiger partial charge in [-0.3, -0.25) is 9.59 Å². The van der Waals surface area contributed by atoms with Crippen LogP contribution >= 0.6 is 0 Å². The molecule has 2 saturated heterocycles. The van der Waals surface area contributed by atoms with Gasteiger partial charge in [0.15, 0.2) is 5.78 Å². The largest absolute Gasteiger partial charge is 0.461 e. The maximum atomic E-state index is 12.7. The molecular weight excluding hydrogens is 280 g/mol. The summed E-state index contributed by atoms with van der Waals surface area (Å²) in [6.45, 7) is 3.99. The third kappa shape index (κ3) is 1.02. The summed E-state index contributed by atoms with van der Waals surface area (Å²) in [5.41, 5.74) is 1.18. The lowest BCUT2D eigenvalue weighted by Crippen LogP contribution is -2.71. The highest BCUT2D eigenvalue weighted by Crippen LogP contribution is 2.69. The highest BCUT2D eigenvalue weighted by Gasteiger charge is 2.76. The Labute approximate surface area is 128 Å². The minimum atomic E-state index is -1.23. The number of hydrogen-bond donors (Lipinski definition) is 1. The molecule has 3 fully saturated rings. The maximum Gasteiger partial charge on any atom is 0.316 e. The van der Waals surface area contributed by atoms with E-state index in [9.17, 15) is 14.7 Å². The van der Waals surface area contributed by atoms with Crippen LogP contribution in [0.2, 0.25) is 0 Å². The van der Waals surface area contributed by atoms with E-state index in [2.05, 4.69) is 0 Å². The van der Waals surface area contributed by atoms with E-state index >= 15 is 0 Å². The van der Waals surface area contributed by atoms with Gasteiger partial charge in [-0.2, -0.15) is 0 Å². The van der Waals surface area contributed by atoms with E-state index in [4.69, 9.17) is 4.74 Å². The molecule has 3 aliphatic carbocycles. The Bertz CT molecular complexity index is 767. The number of aliphatic hydroxyl groups is 1. The minimum absolute atomic E-state index is 0.0364. The Hall–Kier alpha value is -1.68. The van der Waals surface area contributed by atoms with E-state index in [1.807, 2.05) is 26.0 Å². The number of Topliss-reactive ketones (excluding diaryl/α,β-unsaturated/α-hetero) is 1. The highest BCUT2D eigenvalue weighted by atomic mass is 16.6. The zero-order chi connectivity index (χ0) is 15.4. The van der Waals surface area contributed by atoms with E-state index in [1.54, 1.807) is 0 Å². The first-order valence-corrected chi connectivity index (χ1v) is 8.01. The summed E-state index contributed by atoms with van der Waals surface area (Å²) in [5.74, 6) is -0.554. The zero-order valence-corrected chi connectivity index (χ0v) is 12.7. The predicted octanol–water partition coefficient (Wildman–Crippen LogP) is 1.89. The van der Waals surface area contributed by atoms with Gasteiger partial charge in [0, 0.05) is 17.9 Å². The van der Waals surface area contributed by atoms with Crippen molar-refractivity contribution in [3.05, 3.63) is 34.4 Å². The lowest BCUT2D eigenvalue weighted by molar-refractivity contribution is -0.270. The van der Waals surface area contributed by atoms with E-state index in [0.29, 0.717) is 12.0 Å². The topological polar surface area (TPSA) is 63.6 Å². The van der Waals surface area contributed by atoms with Crippen molar-refractivity contribution in [1.29, 1.82) is 0 Å². The maximum absolute atomic E-state index is 12.7. The number of carbonyl (C=O) groups excluding carboxylic acids is 2. The van der Waals surface area contributed by atoms with Crippen molar-refractivity contribution in [2.24, 2.45) is 17.3 Å². The van der Waals surface area contributed by atoms with Crippen molar-refractivity contribution >= 4 is 11.8 Å². The number of aryl methyl sites for hydroxylation is 1. The molecule has 4 heteroatoms. The van der Waals surface area contributed by atoms with Gasteiger partial charge >= 0.3 is 5.97 Å². The zero-order valence-electron chi connectivity index (χ0n) is 12.7. The number of hydrogen-bond acceptors (Lipinski definition) is 4. The van der Waals surface area contributed by atoms with Crippen LogP contribution in [-0.4, -0.2) is 23.0 Å². The molecule has 0 radical (unpaired) electrons. The Morgan fingerprint density at radius 3 is 2.82 bits per heavy atom. The first-order chi connectivity index (χ1) is 10.4. The Morgan fingerprint density at radius 1 is 1.32 bits per heavy atom. The number of esters is 1. The molecule has 1 aromatic rings. The lowest BCUT2D eigenvalue weighted by atomic mass is 9.47. The molecule has 22 heavy (non-hydrogen) atoms. The van der Waals surface area contributed by atoms with Crippen molar-refractivity contribution in [3.8, 4) is 0 Å². The second-order valence-electron chi connectivity index (χ2n) is 7.51. The van der Waals surface area contributed by atoms with E-state index in [1.165, 1.54) is 0 Å². The summed E-state index contributed by atoms with van der Waals surface area (Å²) in [6, 6.07) is 3.78. The van der Waals surface area contributed by atoms with E-state index in [-0.39, 0.29) is 36.1 Å². The summed E-state index contributed by atoms with van der Waals surface area (Å²) >= 11 is 0. The molecule has 2 bridgehead atoms. The molecular formula is C18H18O4. The standard InChI is InChI=1S/C18H18O4/c1-8-3-4-10-13(19)7-17-9(2)5-14(22-16(17)20)12-6-11(8)15(10)18(12,17)21/h3-4,9,12,14,21H,5-7H2,1-2H3. The van der Waals surface area contributed by atoms with Crippen LogP contribution in [0.25, 0.3) is 0 Å². The van der Waals surface area contributed by atoms with Crippen molar-refractivity contribution in [2.75, 3.05) is 0 Å². The average Bonchev–Trinajstić information content (AvgIpc) is 2.78. The molecule has 1 aromatic carbocycles. The molecule has 5 unspecified atom stereocenters. The van der Waals surface area contributed by atoms with Crippen LogP contribution in [0, 0.1) is 24.2 Å². The van der Waals surface area contributed by atoms with Gasteiger partial charge in [0.2, 0.25) is 0 Å². The van der Waals surface area contributed by atoms with Gasteiger partial charge in [0.25, 0.3) is 0 Å². The average molecular weight is 298 g/mol. The quantitative estimate of drug-likeness (QED) is 0.743. The number of benzene rings is 1. The number of ketones is 1. The molecule has 4 nitrogen and oxygen atoms in total. The monoisotopic (exact) mass is 298 g/mol. The second-order valence-corrected chi connectivity index (χ2v) is 7.51. The van der Waals surface area contributed by atoms with Gasteiger partial charge in [0.05, 0.1) is 0 Å². The SMILES string of the molecule is Cc1ccc2c3c1CC1C4CC(C)C(CC2=O)(C(=O)O4)C31O. The first-order valence-electron chi connectivity index (χ1n) is 8.01. The predicted molar refractivity (Wildman–Crippen MR) is 77.3 cm³/mol. The van der Waals surface area contributed by atoms with Crippen LogP contribution in [0.3, 0.4) is 0 Å². The summed E-state index contributed by atoms with van der Waals surface area (Å²) in [5, 5.41) is 11.8. The molecule has 114 valence electrons. The molecule has 5 atom stereocenters. The van der Waals surface area contributed by atoms with Crippen LogP contribution in [0.15, 0.2) is 12.1 Å². The Balaban J connectivity index is 1.93. The summed E-state index contributed by atoms with van der Waals surface area (Å²) in [4.78, 5) is 25.4. The second kappa shape index (κ2) is 3.46. The summed E-state index contributed by atoms with van der Waals surface area (Å²) in [6.07, 6.45) is 1.28. The highest BCUT2D eigenvalue weighted by molar-refractivity contribution is 6.04. The van der Waals surface area contributed by atoms with Crippen LogP contribution in [0.1, 0.15) is 46.8 Å². The molecule has 2 heterocycles. The van der Waals surface area contributed by atoms with Crippen molar-refractivity contribution in [3.63, 3.8) is 0 Å². The van der Waals surface area contributed by atoms with E-state index < -0.39 is 11.0 Å². The fourth-order valence-electron chi connectivity index (χ4n) is 5.74. The molecule has 1 N–H and O–H groups in total. The van der Waals surface area contributed by atoms with Crippen LogP contribution in [0.4, 0.5) is 0 Å². The minimum Gasteiger partial charge on any atom is -0.461 e. The van der Waals surface area contributed by atoms with Crippen LogP contribution in [0.5, 0.6) is 0 Å². The molecule has 1 spiro atoms. The number of rotatable bonds is 0. The molecule has 0 aromatic heterocycles. The smallest absolute Gasteiger partial charge is 0.316 e. The third-order valence-electron chi connectivity index (χ3n) is 6.81. The van der Waals surface area contributed by atoms with E-state index in [0.717, 1.165) is 23.1 Å². The molecule has 0 amide bonds. The van der Waals surface area contributed by atoms with Gasteiger partial charge in [-0.05, 0) is 42.4 Å². The van der Waals surface area contributed by atoms with Gasteiger partial charge in [-0.15, -0.1) is 0 Å². The fraction of sp³-hybridized carbons (Fsp3) is 0.556. The normalized spacial score (nSPS) is 44.0. The Morgan fingerprint density at radius 2 is 2.09 bits per heavy atom. The van der Waals surface area contributed by atoms with Crippen molar-refractivity contribution in [1.82, 2.24) is 0 Å². The number of carbonyl (C=O) groups is 2. The summed E-state index contributed by atoms with van der Waals surface area (Å²) in [7, 11) is 0. The van der Waals surface area contributed by atoms with Gasteiger partial charge < -0.3 is 9.84 Å². The number of ether oxygens (including phenoxy) is 1. The lowest BCUT2D eigenvalue weighted by Gasteiger charge is -2.61. The molecule has 5 aliphatic rings. The first kappa shape index (κ1) is 12.8. The van der Waals surface area contributed by atoms with Gasteiger partial charge in [-0.1, -0.05) is 19.1 Å². The summed E-state index contributed by atoms with van der Waals surface area (Å²) < 4.78 is 5.63. The van der Waals surface area contributed by atoms with Crippen molar-refractivity contribution in [2.45, 2.75) is 44.8 Å². The molecule has 6 rings (SSSR count). The van der Waals surface area contributed by atoms with Crippen LogP contribution < -0.4 is 0 Å². The fourth-order valence-corrected chi connectivity index (χ4v) is 5.74. The molecule has 1 saturated carbocycles.